The molecule has 1 aliphatic heterocycles. The van der Waals surface area contributed by atoms with Gasteiger partial charge in [0.15, 0.2) is 5.82 Å². The van der Waals surface area contributed by atoms with E-state index in [-0.39, 0.29) is 29.8 Å². The standard InChI is InChI=1S/C17H22N6O3/c1-11-9-12(2)23(19-11)14-3-4-15(24)22(20-14)10-16(25)21-7-5-13(6-8-21)17(18)26/h3-4,9,13H,5-8,10H2,1-2H3,(H2,18,26). The Morgan fingerprint density at radius 1 is 1.19 bits per heavy atom. The van der Waals surface area contributed by atoms with Crippen LogP contribution in [0.25, 0.3) is 5.82 Å². The van der Waals surface area contributed by atoms with Gasteiger partial charge in [-0.1, -0.05) is 0 Å². The maximum Gasteiger partial charge on any atom is 0.267 e. The molecular formula is C17H22N6O3. The molecule has 2 aromatic rings. The van der Waals surface area contributed by atoms with E-state index in [0.29, 0.717) is 31.7 Å². The van der Waals surface area contributed by atoms with Crippen molar-refractivity contribution in [2.75, 3.05) is 13.1 Å². The zero-order valence-corrected chi connectivity index (χ0v) is 14.9. The van der Waals surface area contributed by atoms with Crippen molar-refractivity contribution in [1.29, 1.82) is 0 Å². The third kappa shape index (κ3) is 3.66. The molecule has 1 fully saturated rings. The Balaban J connectivity index is 1.75. The van der Waals surface area contributed by atoms with E-state index >= 15 is 0 Å². The van der Waals surface area contributed by atoms with Gasteiger partial charge in [0.05, 0.1) is 5.69 Å². The van der Waals surface area contributed by atoms with Gasteiger partial charge in [0, 0.05) is 30.8 Å². The quantitative estimate of drug-likeness (QED) is 0.810. The number of carbonyl (C=O) groups excluding carboxylic acids is 2. The van der Waals surface area contributed by atoms with Gasteiger partial charge in [-0.2, -0.15) is 5.10 Å². The molecule has 0 aromatic carbocycles. The highest BCUT2D eigenvalue weighted by Crippen LogP contribution is 2.17. The fourth-order valence-electron chi connectivity index (χ4n) is 3.17. The molecule has 26 heavy (non-hydrogen) atoms. The molecule has 0 atom stereocenters. The lowest BCUT2D eigenvalue weighted by Crippen LogP contribution is -2.44. The summed E-state index contributed by atoms with van der Waals surface area (Å²) in [5, 5.41) is 8.62. The molecule has 0 radical (unpaired) electrons. The van der Waals surface area contributed by atoms with Crippen LogP contribution in [0.15, 0.2) is 23.0 Å². The highest BCUT2D eigenvalue weighted by atomic mass is 16.2. The molecule has 3 heterocycles. The van der Waals surface area contributed by atoms with E-state index in [1.54, 1.807) is 15.6 Å². The zero-order chi connectivity index (χ0) is 18.8. The first-order valence-electron chi connectivity index (χ1n) is 8.54. The highest BCUT2D eigenvalue weighted by Gasteiger charge is 2.26. The summed E-state index contributed by atoms with van der Waals surface area (Å²) in [7, 11) is 0. The average molecular weight is 358 g/mol. The molecule has 0 aliphatic carbocycles. The molecule has 0 unspecified atom stereocenters. The number of nitrogens with zero attached hydrogens (tertiary/aromatic N) is 5. The van der Waals surface area contributed by atoms with Crippen molar-refractivity contribution < 1.29 is 9.59 Å². The topological polar surface area (TPSA) is 116 Å². The molecule has 0 saturated carbocycles. The number of primary amides is 1. The number of likely N-dealkylation sites (tertiary alicyclic amines) is 1. The lowest BCUT2D eigenvalue weighted by molar-refractivity contribution is -0.135. The summed E-state index contributed by atoms with van der Waals surface area (Å²) in [4.78, 5) is 37.5. The Morgan fingerprint density at radius 3 is 2.46 bits per heavy atom. The molecule has 138 valence electrons. The molecule has 9 heteroatoms. The van der Waals surface area contributed by atoms with Gasteiger partial charge in [-0.05, 0) is 38.8 Å². The van der Waals surface area contributed by atoms with E-state index < -0.39 is 0 Å². The van der Waals surface area contributed by atoms with Crippen LogP contribution >= 0.6 is 0 Å². The van der Waals surface area contributed by atoms with Gasteiger partial charge in [0.25, 0.3) is 5.56 Å². The average Bonchev–Trinajstić information content (AvgIpc) is 2.95. The van der Waals surface area contributed by atoms with Crippen LogP contribution in [0.5, 0.6) is 0 Å². The summed E-state index contributed by atoms with van der Waals surface area (Å²) < 4.78 is 2.78. The molecule has 0 spiro atoms. The van der Waals surface area contributed by atoms with Crippen LogP contribution in [0.3, 0.4) is 0 Å². The number of hydrogen-bond acceptors (Lipinski definition) is 5. The maximum atomic E-state index is 12.5. The van der Waals surface area contributed by atoms with Crippen LogP contribution in [-0.4, -0.2) is 49.4 Å². The third-order valence-electron chi connectivity index (χ3n) is 4.61. The summed E-state index contributed by atoms with van der Waals surface area (Å²) in [6.07, 6.45) is 1.10. The number of carbonyl (C=O) groups is 2. The summed E-state index contributed by atoms with van der Waals surface area (Å²) in [6.45, 7) is 4.54. The summed E-state index contributed by atoms with van der Waals surface area (Å²) in [5.74, 6) is -0.231. The van der Waals surface area contributed by atoms with Crippen LogP contribution in [0.2, 0.25) is 0 Å². The van der Waals surface area contributed by atoms with Gasteiger partial charge in [0.2, 0.25) is 11.8 Å². The summed E-state index contributed by atoms with van der Waals surface area (Å²) in [6, 6.07) is 4.87. The van der Waals surface area contributed by atoms with Gasteiger partial charge >= 0.3 is 0 Å². The molecule has 9 nitrogen and oxygen atoms in total. The van der Waals surface area contributed by atoms with Gasteiger partial charge in [-0.25, -0.2) is 9.36 Å². The van der Waals surface area contributed by atoms with Crippen LogP contribution in [-0.2, 0) is 16.1 Å². The second kappa shape index (κ2) is 7.11. The van der Waals surface area contributed by atoms with Gasteiger partial charge in [-0.15, -0.1) is 5.10 Å². The normalized spacial score (nSPS) is 15.2. The number of amides is 2. The van der Waals surface area contributed by atoms with E-state index in [9.17, 15) is 14.4 Å². The lowest BCUT2D eigenvalue weighted by Gasteiger charge is -2.30. The second-order valence-electron chi connectivity index (χ2n) is 6.58. The first-order valence-corrected chi connectivity index (χ1v) is 8.54. The lowest BCUT2D eigenvalue weighted by atomic mass is 9.96. The van der Waals surface area contributed by atoms with Crippen molar-refractivity contribution in [3.63, 3.8) is 0 Å². The number of nitrogens with two attached hydrogens (primary N) is 1. The maximum absolute atomic E-state index is 12.5. The first kappa shape index (κ1) is 17.8. The van der Waals surface area contributed by atoms with Crippen LogP contribution in [0.4, 0.5) is 0 Å². The largest absolute Gasteiger partial charge is 0.369 e. The molecule has 2 aromatic heterocycles. The zero-order valence-electron chi connectivity index (χ0n) is 14.9. The van der Waals surface area contributed by atoms with Gasteiger partial charge < -0.3 is 10.6 Å². The van der Waals surface area contributed by atoms with E-state index in [1.807, 2.05) is 19.9 Å². The Labute approximate surface area is 150 Å². The van der Waals surface area contributed by atoms with E-state index in [1.165, 1.54) is 6.07 Å². The SMILES string of the molecule is Cc1cc(C)n(-c2ccc(=O)n(CC(=O)N3CCC(C(N)=O)CC3)n2)n1. The number of hydrogen-bond donors (Lipinski definition) is 1. The van der Waals surface area contributed by atoms with Crippen molar-refractivity contribution in [3.05, 3.63) is 39.9 Å². The molecule has 2 amide bonds. The second-order valence-corrected chi connectivity index (χ2v) is 6.58. The number of aromatic nitrogens is 4. The van der Waals surface area contributed by atoms with E-state index in [2.05, 4.69) is 10.2 Å². The van der Waals surface area contributed by atoms with Gasteiger partial charge in [0.1, 0.15) is 6.54 Å². The minimum atomic E-state index is -0.351. The number of aryl methyl sites for hydroxylation is 2. The molecule has 3 rings (SSSR count). The fraction of sp³-hybridized carbons (Fsp3) is 0.471. The molecule has 1 saturated heterocycles. The Kier molecular flexibility index (Phi) is 4.88. The fourth-order valence-corrected chi connectivity index (χ4v) is 3.17. The van der Waals surface area contributed by atoms with E-state index in [0.717, 1.165) is 16.1 Å². The van der Waals surface area contributed by atoms with Crippen LogP contribution in [0, 0.1) is 19.8 Å². The van der Waals surface area contributed by atoms with Crippen molar-refractivity contribution >= 4 is 11.8 Å². The first-order chi connectivity index (χ1) is 12.3. The minimum Gasteiger partial charge on any atom is -0.369 e. The smallest absolute Gasteiger partial charge is 0.267 e. The van der Waals surface area contributed by atoms with Crippen LogP contribution in [0.1, 0.15) is 24.2 Å². The highest BCUT2D eigenvalue weighted by molar-refractivity contribution is 5.78. The molecule has 2 N–H and O–H groups in total. The van der Waals surface area contributed by atoms with Gasteiger partial charge in [-0.3, -0.25) is 14.4 Å². The third-order valence-corrected chi connectivity index (χ3v) is 4.61. The van der Waals surface area contributed by atoms with Crippen molar-refractivity contribution in [2.45, 2.75) is 33.2 Å². The minimum absolute atomic E-state index is 0.146. The monoisotopic (exact) mass is 358 g/mol. The Hall–Kier alpha value is -2.97. The van der Waals surface area contributed by atoms with Crippen molar-refractivity contribution in [2.24, 2.45) is 11.7 Å². The molecule has 1 aliphatic rings. The predicted octanol–water partition coefficient (Wildman–Crippen LogP) is -0.230. The van der Waals surface area contributed by atoms with Crippen molar-refractivity contribution in [1.82, 2.24) is 24.5 Å². The Bertz CT molecular complexity index is 892. The Morgan fingerprint density at radius 2 is 1.88 bits per heavy atom. The molecular weight excluding hydrogens is 336 g/mol. The number of rotatable bonds is 4. The van der Waals surface area contributed by atoms with E-state index in [4.69, 9.17) is 5.73 Å². The number of piperidine rings is 1. The molecule has 0 bridgehead atoms. The summed E-state index contributed by atoms with van der Waals surface area (Å²) >= 11 is 0. The van der Waals surface area contributed by atoms with Crippen LogP contribution < -0.4 is 11.3 Å². The van der Waals surface area contributed by atoms with Crippen molar-refractivity contribution in [3.8, 4) is 5.82 Å². The predicted molar refractivity (Wildman–Crippen MR) is 93.6 cm³/mol. The summed E-state index contributed by atoms with van der Waals surface area (Å²) in [5.41, 5.74) is 6.69.